The summed E-state index contributed by atoms with van der Waals surface area (Å²) in [5, 5.41) is 2.35. The van der Waals surface area contributed by atoms with Gasteiger partial charge in [-0.1, -0.05) is 19.3 Å². The molecule has 0 aromatic heterocycles. The molecule has 2 nitrogen and oxygen atoms in total. The lowest BCUT2D eigenvalue weighted by atomic mass is 9.89. The summed E-state index contributed by atoms with van der Waals surface area (Å²) in [6.07, 6.45) is -4.96. The van der Waals surface area contributed by atoms with Gasteiger partial charge in [0.25, 0.3) is 5.91 Å². The highest BCUT2D eigenvalue weighted by Crippen LogP contribution is 2.36. The number of hydrogen-bond acceptors (Lipinski definition) is 1. The lowest BCUT2D eigenvalue weighted by Gasteiger charge is -2.22. The molecule has 1 aromatic carbocycles. The minimum Gasteiger partial charge on any atom is -0.352 e. The molecular formula is C16H17F6NO. The molecule has 134 valence electrons. The number of halogens is 6. The minimum atomic E-state index is -4.90. The van der Waals surface area contributed by atoms with Crippen LogP contribution >= 0.6 is 0 Å². The summed E-state index contributed by atoms with van der Waals surface area (Å²) in [7, 11) is 0. The van der Waals surface area contributed by atoms with Crippen LogP contribution in [-0.2, 0) is 12.4 Å². The molecule has 0 spiro atoms. The summed E-state index contributed by atoms with van der Waals surface area (Å²) in [6, 6.07) is 0.901. The number of hydrogen-bond donors (Lipinski definition) is 1. The van der Waals surface area contributed by atoms with Gasteiger partial charge in [-0.25, -0.2) is 0 Å². The SMILES string of the molecule is O=C(NCC1CCCCC1)c1cc(C(F)(F)F)ccc1C(F)(F)F. The van der Waals surface area contributed by atoms with E-state index in [0.717, 1.165) is 32.1 Å². The molecule has 1 saturated carbocycles. The van der Waals surface area contributed by atoms with Crippen LogP contribution in [0.15, 0.2) is 18.2 Å². The predicted molar refractivity (Wildman–Crippen MR) is 75.4 cm³/mol. The normalized spacial score (nSPS) is 16.9. The highest BCUT2D eigenvalue weighted by atomic mass is 19.4. The Balaban J connectivity index is 2.22. The first-order valence-corrected chi connectivity index (χ1v) is 7.65. The van der Waals surface area contributed by atoms with Crippen molar-refractivity contribution >= 4 is 5.91 Å². The van der Waals surface area contributed by atoms with Gasteiger partial charge >= 0.3 is 12.4 Å². The topological polar surface area (TPSA) is 29.1 Å². The highest BCUT2D eigenvalue weighted by Gasteiger charge is 2.38. The fourth-order valence-corrected chi connectivity index (χ4v) is 2.88. The van der Waals surface area contributed by atoms with Crippen molar-refractivity contribution in [2.24, 2.45) is 5.92 Å². The standard InChI is InChI=1S/C16H17F6NO/c17-15(18,19)11-6-7-13(16(20,21)22)12(8-11)14(24)23-9-10-4-2-1-3-5-10/h6-8,10H,1-5,9H2,(H,23,24). The third-order valence-electron chi connectivity index (χ3n) is 4.17. The molecule has 24 heavy (non-hydrogen) atoms. The Hall–Kier alpha value is -1.73. The Bertz CT molecular complexity index is 587. The minimum absolute atomic E-state index is 0.155. The predicted octanol–water partition coefficient (Wildman–Crippen LogP) is 5.03. The first kappa shape index (κ1) is 18.6. The molecule has 0 saturated heterocycles. The average Bonchev–Trinajstić information content (AvgIpc) is 2.51. The molecular weight excluding hydrogens is 336 g/mol. The highest BCUT2D eigenvalue weighted by molar-refractivity contribution is 5.96. The molecule has 0 aliphatic heterocycles. The van der Waals surface area contributed by atoms with Crippen LogP contribution in [0.5, 0.6) is 0 Å². The van der Waals surface area contributed by atoms with E-state index in [0.29, 0.717) is 12.1 Å². The van der Waals surface area contributed by atoms with Gasteiger partial charge < -0.3 is 5.32 Å². The Morgan fingerprint density at radius 3 is 2.17 bits per heavy atom. The summed E-state index contributed by atoms with van der Waals surface area (Å²) in [4.78, 5) is 12.1. The van der Waals surface area contributed by atoms with E-state index in [1.165, 1.54) is 0 Å². The smallest absolute Gasteiger partial charge is 0.352 e. The molecule has 0 heterocycles. The number of rotatable bonds is 3. The summed E-state index contributed by atoms with van der Waals surface area (Å²) in [6.45, 7) is 0.173. The summed E-state index contributed by atoms with van der Waals surface area (Å²) < 4.78 is 77.1. The maximum absolute atomic E-state index is 13.0. The second-order valence-electron chi connectivity index (χ2n) is 5.97. The van der Waals surface area contributed by atoms with Gasteiger partial charge in [-0.2, -0.15) is 26.3 Å². The van der Waals surface area contributed by atoms with Crippen LogP contribution in [0.3, 0.4) is 0 Å². The van der Waals surface area contributed by atoms with Crippen LogP contribution in [0, 0.1) is 5.92 Å². The average molecular weight is 353 g/mol. The van der Waals surface area contributed by atoms with Gasteiger partial charge in [-0.3, -0.25) is 4.79 Å². The van der Waals surface area contributed by atoms with Crippen LogP contribution in [0.4, 0.5) is 26.3 Å². The van der Waals surface area contributed by atoms with Gasteiger partial charge in [0.15, 0.2) is 0 Å². The van der Waals surface area contributed by atoms with E-state index in [1.807, 2.05) is 0 Å². The van der Waals surface area contributed by atoms with Crippen molar-refractivity contribution in [1.29, 1.82) is 0 Å². The maximum Gasteiger partial charge on any atom is 0.417 e. The molecule has 1 fully saturated rings. The number of nitrogens with one attached hydrogen (secondary N) is 1. The van der Waals surface area contributed by atoms with Crippen LogP contribution in [0.2, 0.25) is 0 Å². The quantitative estimate of drug-likeness (QED) is 0.759. The van der Waals surface area contributed by atoms with E-state index in [2.05, 4.69) is 5.32 Å². The lowest BCUT2D eigenvalue weighted by molar-refractivity contribution is -0.141. The summed E-state index contributed by atoms with van der Waals surface area (Å²) in [5.74, 6) is -0.971. The first-order valence-electron chi connectivity index (χ1n) is 7.65. The molecule has 1 aliphatic rings. The van der Waals surface area contributed by atoms with Crippen LogP contribution in [0.1, 0.15) is 53.6 Å². The zero-order valence-electron chi connectivity index (χ0n) is 12.7. The third kappa shape index (κ3) is 4.64. The second kappa shape index (κ2) is 7.03. The molecule has 2 rings (SSSR count). The molecule has 1 N–H and O–H groups in total. The fraction of sp³-hybridized carbons (Fsp3) is 0.562. The van der Waals surface area contributed by atoms with Crippen molar-refractivity contribution in [2.45, 2.75) is 44.5 Å². The van der Waals surface area contributed by atoms with Crippen LogP contribution in [-0.4, -0.2) is 12.5 Å². The van der Waals surface area contributed by atoms with Crippen LogP contribution < -0.4 is 5.32 Å². The molecule has 0 radical (unpaired) electrons. The van der Waals surface area contributed by atoms with Gasteiger partial charge in [0.2, 0.25) is 0 Å². The van der Waals surface area contributed by atoms with E-state index >= 15 is 0 Å². The van der Waals surface area contributed by atoms with Gasteiger partial charge in [0.1, 0.15) is 0 Å². The van der Waals surface area contributed by atoms with Crippen molar-refractivity contribution in [2.75, 3.05) is 6.54 Å². The van der Waals surface area contributed by atoms with Crippen molar-refractivity contribution in [1.82, 2.24) is 5.32 Å². The fourth-order valence-electron chi connectivity index (χ4n) is 2.88. The van der Waals surface area contributed by atoms with E-state index in [9.17, 15) is 31.1 Å². The number of amides is 1. The summed E-state index contributed by atoms with van der Waals surface area (Å²) >= 11 is 0. The van der Waals surface area contributed by atoms with Gasteiger partial charge in [-0.05, 0) is 37.0 Å². The van der Waals surface area contributed by atoms with Crippen LogP contribution in [0.25, 0.3) is 0 Å². The Kier molecular flexibility index (Phi) is 5.45. The molecule has 0 atom stereocenters. The Morgan fingerprint density at radius 2 is 1.62 bits per heavy atom. The molecule has 1 amide bonds. The Morgan fingerprint density at radius 1 is 1.00 bits per heavy atom. The van der Waals surface area contributed by atoms with Gasteiger partial charge in [0.05, 0.1) is 16.7 Å². The molecule has 0 bridgehead atoms. The molecule has 0 unspecified atom stereocenters. The zero-order chi connectivity index (χ0) is 18.0. The second-order valence-corrected chi connectivity index (χ2v) is 5.97. The number of carbonyl (C=O) groups excluding carboxylic acids is 1. The van der Waals surface area contributed by atoms with E-state index < -0.39 is 35.0 Å². The molecule has 8 heteroatoms. The summed E-state index contributed by atoms with van der Waals surface area (Å²) in [5.41, 5.74) is -3.64. The first-order chi connectivity index (χ1) is 11.1. The van der Waals surface area contributed by atoms with Crippen molar-refractivity contribution in [3.63, 3.8) is 0 Å². The Labute approximate surface area is 135 Å². The van der Waals surface area contributed by atoms with E-state index in [1.54, 1.807) is 0 Å². The number of alkyl halides is 6. The van der Waals surface area contributed by atoms with Crippen molar-refractivity contribution in [3.05, 3.63) is 34.9 Å². The van der Waals surface area contributed by atoms with Crippen molar-refractivity contribution in [3.8, 4) is 0 Å². The van der Waals surface area contributed by atoms with Gasteiger partial charge in [0, 0.05) is 6.54 Å². The van der Waals surface area contributed by atoms with E-state index in [4.69, 9.17) is 0 Å². The van der Waals surface area contributed by atoms with E-state index in [-0.39, 0.29) is 18.5 Å². The molecule has 1 aliphatic carbocycles. The molecule has 1 aromatic rings. The lowest BCUT2D eigenvalue weighted by Crippen LogP contribution is -2.32. The number of carbonyl (C=O) groups is 1. The number of benzene rings is 1. The van der Waals surface area contributed by atoms with Gasteiger partial charge in [-0.15, -0.1) is 0 Å². The van der Waals surface area contributed by atoms with Crippen molar-refractivity contribution < 1.29 is 31.1 Å². The third-order valence-corrected chi connectivity index (χ3v) is 4.17. The zero-order valence-corrected chi connectivity index (χ0v) is 12.7. The monoisotopic (exact) mass is 353 g/mol. The maximum atomic E-state index is 13.0. The largest absolute Gasteiger partial charge is 0.417 e.